The highest BCUT2D eigenvalue weighted by Crippen LogP contribution is 2.26. The van der Waals surface area contributed by atoms with Crippen molar-refractivity contribution >= 4 is 16.7 Å². The van der Waals surface area contributed by atoms with Gasteiger partial charge in [-0.3, -0.25) is 4.79 Å². The molecule has 3 aromatic rings. The van der Waals surface area contributed by atoms with Crippen LogP contribution in [0.4, 0.5) is 8.78 Å². The number of hydrogen-bond donors (Lipinski definition) is 0. The molecular formula is C25H25F2NO3. The minimum absolute atomic E-state index is 0.0526. The van der Waals surface area contributed by atoms with Gasteiger partial charge < -0.3 is 14.4 Å². The summed E-state index contributed by atoms with van der Waals surface area (Å²) in [5.74, 6) is -0.361. The van der Waals surface area contributed by atoms with E-state index in [-0.39, 0.29) is 17.8 Å². The number of halogens is 2. The molecule has 4 rings (SSSR count). The van der Waals surface area contributed by atoms with Crippen LogP contribution in [0.15, 0.2) is 60.7 Å². The molecule has 162 valence electrons. The molecule has 0 spiro atoms. The van der Waals surface area contributed by atoms with Gasteiger partial charge in [0.05, 0.1) is 6.61 Å². The van der Waals surface area contributed by atoms with Gasteiger partial charge in [-0.05, 0) is 30.0 Å². The Kier molecular flexibility index (Phi) is 6.65. The third-order valence-corrected chi connectivity index (χ3v) is 5.52. The van der Waals surface area contributed by atoms with Crippen molar-refractivity contribution in [3.05, 3.63) is 72.3 Å². The summed E-state index contributed by atoms with van der Waals surface area (Å²) in [4.78, 5) is 14.3. The Balaban J connectivity index is 1.20. The molecule has 0 radical (unpaired) electrons. The summed E-state index contributed by atoms with van der Waals surface area (Å²) in [6.45, 7) is 1.61. The van der Waals surface area contributed by atoms with Crippen LogP contribution in [0.2, 0.25) is 0 Å². The molecule has 1 fully saturated rings. The average molecular weight is 425 g/mol. The fraction of sp³-hybridized carbons (Fsp3) is 0.320. The molecule has 6 heteroatoms. The number of likely N-dealkylation sites (tertiary alicyclic amines) is 1. The fourth-order valence-corrected chi connectivity index (χ4v) is 3.86. The number of hydrogen-bond acceptors (Lipinski definition) is 3. The van der Waals surface area contributed by atoms with Crippen LogP contribution in [0.25, 0.3) is 10.8 Å². The summed E-state index contributed by atoms with van der Waals surface area (Å²) in [5.41, 5.74) is 0. The van der Waals surface area contributed by atoms with Crippen molar-refractivity contribution in [2.45, 2.75) is 31.8 Å². The van der Waals surface area contributed by atoms with Gasteiger partial charge in [0.15, 0.2) is 11.6 Å². The van der Waals surface area contributed by atoms with Crippen LogP contribution in [0.1, 0.15) is 25.7 Å². The first-order valence-corrected chi connectivity index (χ1v) is 10.6. The first kappa shape index (κ1) is 21.1. The van der Waals surface area contributed by atoms with E-state index in [0.29, 0.717) is 45.4 Å². The number of rotatable bonds is 7. The van der Waals surface area contributed by atoms with Crippen molar-refractivity contribution in [1.29, 1.82) is 0 Å². The van der Waals surface area contributed by atoms with Crippen molar-refractivity contribution in [3.63, 3.8) is 0 Å². The standard InChI is InChI=1S/C25H25F2NO3/c26-19-10-11-24(22(27)17-19)31-20-12-14-28(15-13-20)25(29)9-4-16-30-23-8-3-6-18-5-1-2-7-21(18)23/h1-3,5-8,10-11,17,20H,4,9,12-16H2. The van der Waals surface area contributed by atoms with Gasteiger partial charge in [-0.1, -0.05) is 36.4 Å². The Morgan fingerprint density at radius 1 is 0.968 bits per heavy atom. The van der Waals surface area contributed by atoms with Crippen molar-refractivity contribution < 1.29 is 23.0 Å². The molecule has 0 aliphatic carbocycles. The summed E-state index contributed by atoms with van der Waals surface area (Å²) in [7, 11) is 0. The summed E-state index contributed by atoms with van der Waals surface area (Å²) in [6, 6.07) is 17.3. The number of fused-ring (bicyclic) bond motifs is 1. The predicted octanol–water partition coefficient (Wildman–Crippen LogP) is 5.35. The number of benzene rings is 3. The summed E-state index contributed by atoms with van der Waals surface area (Å²) < 4.78 is 38.3. The second-order valence-electron chi connectivity index (χ2n) is 7.70. The highest BCUT2D eigenvalue weighted by Gasteiger charge is 2.24. The van der Waals surface area contributed by atoms with Crippen molar-refractivity contribution in [1.82, 2.24) is 4.90 Å². The molecule has 1 aliphatic rings. The SMILES string of the molecule is O=C(CCCOc1cccc2ccccc12)N1CCC(Oc2ccc(F)cc2F)CC1. The Morgan fingerprint density at radius 2 is 1.74 bits per heavy atom. The number of carbonyl (C=O) groups excluding carboxylic acids is 1. The van der Waals surface area contributed by atoms with Crippen LogP contribution in [-0.2, 0) is 4.79 Å². The number of amides is 1. The zero-order chi connectivity index (χ0) is 21.6. The second-order valence-corrected chi connectivity index (χ2v) is 7.70. The highest BCUT2D eigenvalue weighted by atomic mass is 19.1. The molecule has 0 atom stereocenters. The molecule has 0 aromatic heterocycles. The molecule has 0 unspecified atom stereocenters. The maximum atomic E-state index is 13.8. The largest absolute Gasteiger partial charge is 0.493 e. The van der Waals surface area contributed by atoms with Gasteiger partial charge in [0.2, 0.25) is 5.91 Å². The van der Waals surface area contributed by atoms with Crippen molar-refractivity contribution in [2.24, 2.45) is 0 Å². The minimum atomic E-state index is -0.704. The van der Waals surface area contributed by atoms with Crippen LogP contribution in [0.3, 0.4) is 0 Å². The molecule has 4 nitrogen and oxygen atoms in total. The van der Waals surface area contributed by atoms with Gasteiger partial charge in [0, 0.05) is 43.8 Å². The van der Waals surface area contributed by atoms with Crippen molar-refractivity contribution in [2.75, 3.05) is 19.7 Å². The minimum Gasteiger partial charge on any atom is -0.493 e. The summed E-state index contributed by atoms with van der Waals surface area (Å²) in [5, 5.41) is 2.19. The lowest BCUT2D eigenvalue weighted by atomic mass is 10.1. The van der Waals surface area contributed by atoms with E-state index in [0.717, 1.165) is 22.6 Å². The molecule has 0 saturated carbocycles. The van der Waals surface area contributed by atoms with Crippen LogP contribution in [0.5, 0.6) is 11.5 Å². The number of nitrogens with zero attached hydrogens (tertiary/aromatic N) is 1. The van der Waals surface area contributed by atoms with Gasteiger partial charge in [-0.25, -0.2) is 8.78 Å². The molecule has 1 amide bonds. The zero-order valence-corrected chi connectivity index (χ0v) is 17.2. The van der Waals surface area contributed by atoms with Gasteiger partial charge in [0.25, 0.3) is 0 Å². The zero-order valence-electron chi connectivity index (χ0n) is 17.2. The molecule has 3 aromatic carbocycles. The first-order chi connectivity index (χ1) is 15.1. The molecule has 0 bridgehead atoms. The summed E-state index contributed by atoms with van der Waals surface area (Å²) >= 11 is 0. The van der Waals surface area contributed by atoms with E-state index < -0.39 is 11.6 Å². The molecule has 1 saturated heterocycles. The van der Waals surface area contributed by atoms with E-state index in [2.05, 4.69) is 0 Å². The van der Waals surface area contributed by atoms with Crippen LogP contribution >= 0.6 is 0 Å². The lowest BCUT2D eigenvalue weighted by Gasteiger charge is -2.32. The predicted molar refractivity (Wildman–Crippen MR) is 115 cm³/mol. The third-order valence-electron chi connectivity index (χ3n) is 5.52. The average Bonchev–Trinajstić information content (AvgIpc) is 2.79. The molecule has 31 heavy (non-hydrogen) atoms. The fourth-order valence-electron chi connectivity index (χ4n) is 3.86. The van der Waals surface area contributed by atoms with Crippen LogP contribution in [0, 0.1) is 11.6 Å². The maximum Gasteiger partial charge on any atom is 0.222 e. The number of ether oxygens (including phenoxy) is 2. The Morgan fingerprint density at radius 3 is 2.55 bits per heavy atom. The smallest absolute Gasteiger partial charge is 0.222 e. The normalized spacial score (nSPS) is 14.6. The second kappa shape index (κ2) is 9.77. The van der Waals surface area contributed by atoms with E-state index in [1.807, 2.05) is 47.4 Å². The maximum absolute atomic E-state index is 13.8. The van der Waals surface area contributed by atoms with E-state index in [4.69, 9.17) is 9.47 Å². The first-order valence-electron chi connectivity index (χ1n) is 10.6. The lowest BCUT2D eigenvalue weighted by molar-refractivity contribution is -0.133. The van der Waals surface area contributed by atoms with Crippen LogP contribution < -0.4 is 9.47 Å². The van der Waals surface area contributed by atoms with E-state index in [1.54, 1.807) is 0 Å². The molecule has 1 heterocycles. The van der Waals surface area contributed by atoms with Crippen LogP contribution in [-0.4, -0.2) is 36.6 Å². The van der Waals surface area contributed by atoms with E-state index >= 15 is 0 Å². The number of piperidine rings is 1. The topological polar surface area (TPSA) is 38.8 Å². The Labute approximate surface area is 180 Å². The van der Waals surface area contributed by atoms with Gasteiger partial charge in [0.1, 0.15) is 17.7 Å². The van der Waals surface area contributed by atoms with Gasteiger partial charge in [-0.2, -0.15) is 0 Å². The summed E-state index contributed by atoms with van der Waals surface area (Å²) in [6.07, 6.45) is 2.12. The molecule has 1 aliphatic heterocycles. The van der Waals surface area contributed by atoms with E-state index in [1.165, 1.54) is 12.1 Å². The molecular weight excluding hydrogens is 400 g/mol. The Bertz CT molecular complexity index is 1040. The Hall–Kier alpha value is -3.15. The monoisotopic (exact) mass is 425 g/mol. The van der Waals surface area contributed by atoms with E-state index in [9.17, 15) is 13.6 Å². The third kappa shape index (κ3) is 5.32. The number of carbonyl (C=O) groups is 1. The van der Waals surface area contributed by atoms with Crippen molar-refractivity contribution in [3.8, 4) is 11.5 Å². The van der Waals surface area contributed by atoms with Gasteiger partial charge in [-0.15, -0.1) is 0 Å². The highest BCUT2D eigenvalue weighted by molar-refractivity contribution is 5.88. The lowest BCUT2D eigenvalue weighted by Crippen LogP contribution is -2.41. The quantitative estimate of drug-likeness (QED) is 0.479. The van der Waals surface area contributed by atoms with Gasteiger partial charge >= 0.3 is 0 Å². The molecule has 0 N–H and O–H groups in total.